The van der Waals surface area contributed by atoms with Crippen LogP contribution in [-0.4, -0.2) is 68.6 Å². The number of piperidine rings is 1. The number of methoxy groups -OCH3 is 3. The van der Waals surface area contributed by atoms with Crippen molar-refractivity contribution in [2.24, 2.45) is 0 Å². The van der Waals surface area contributed by atoms with Gasteiger partial charge in [-0.2, -0.15) is 0 Å². The van der Waals surface area contributed by atoms with Gasteiger partial charge in [0.1, 0.15) is 6.10 Å². The molecular weight excluding hydrogens is 350 g/mol. The number of nitrogens with zero attached hydrogens (tertiary/aromatic N) is 1. The summed E-state index contributed by atoms with van der Waals surface area (Å²) < 4.78 is 21.5. The molecule has 0 unspecified atom stereocenters. The summed E-state index contributed by atoms with van der Waals surface area (Å²) in [5, 5.41) is 10.1. The van der Waals surface area contributed by atoms with E-state index in [-0.39, 0.29) is 24.3 Å². The van der Waals surface area contributed by atoms with Gasteiger partial charge in [0.2, 0.25) is 5.75 Å². The zero-order valence-electron chi connectivity index (χ0n) is 16.2. The highest BCUT2D eigenvalue weighted by Crippen LogP contribution is 2.39. The number of esters is 1. The number of carbonyl (C=O) groups excluding carboxylic acids is 1. The monoisotopic (exact) mass is 377 g/mol. The fourth-order valence-corrected chi connectivity index (χ4v) is 4.06. The Morgan fingerprint density at radius 3 is 2.33 bits per heavy atom. The van der Waals surface area contributed by atoms with E-state index in [2.05, 4.69) is 4.90 Å². The maximum Gasteiger partial charge on any atom is 0.331 e. The molecule has 0 aliphatic carbocycles. The van der Waals surface area contributed by atoms with Crippen LogP contribution in [0.2, 0.25) is 0 Å². The van der Waals surface area contributed by atoms with Crippen molar-refractivity contribution in [3.05, 3.63) is 23.8 Å². The van der Waals surface area contributed by atoms with E-state index >= 15 is 0 Å². The van der Waals surface area contributed by atoms with Gasteiger partial charge in [-0.3, -0.25) is 4.90 Å². The third-order valence-electron chi connectivity index (χ3n) is 5.48. The van der Waals surface area contributed by atoms with E-state index in [0.29, 0.717) is 23.7 Å². The number of benzene rings is 1. The lowest BCUT2D eigenvalue weighted by Gasteiger charge is -2.35. The Bertz CT molecular complexity index is 693. The van der Waals surface area contributed by atoms with Crippen LogP contribution in [0.1, 0.15) is 24.8 Å². The van der Waals surface area contributed by atoms with Gasteiger partial charge in [-0.15, -0.1) is 0 Å². The number of aliphatic hydroxyl groups excluding tert-OH is 1. The molecule has 2 heterocycles. The van der Waals surface area contributed by atoms with Gasteiger partial charge in [-0.25, -0.2) is 4.79 Å². The predicted octanol–water partition coefficient (Wildman–Crippen LogP) is 1.86. The van der Waals surface area contributed by atoms with Crippen molar-refractivity contribution in [3.63, 3.8) is 0 Å². The van der Waals surface area contributed by atoms with E-state index < -0.39 is 5.97 Å². The van der Waals surface area contributed by atoms with Crippen LogP contribution in [0.4, 0.5) is 0 Å². The van der Waals surface area contributed by atoms with Gasteiger partial charge in [0.05, 0.1) is 27.4 Å². The van der Waals surface area contributed by atoms with Gasteiger partial charge in [-0.05, 0) is 37.2 Å². The summed E-state index contributed by atoms with van der Waals surface area (Å²) in [5.74, 6) is 1.14. The fraction of sp³-hybridized carbons (Fsp3) is 0.550. The number of carbonyl (C=O) groups is 1. The number of aliphatic hydroxyl groups is 1. The minimum Gasteiger partial charge on any atom is -0.493 e. The maximum atomic E-state index is 12.2. The summed E-state index contributed by atoms with van der Waals surface area (Å²) in [7, 11) is 6.65. The third kappa shape index (κ3) is 4.04. The zero-order chi connectivity index (χ0) is 19.6. The first-order valence-corrected chi connectivity index (χ1v) is 9.05. The number of rotatable bonds is 6. The third-order valence-corrected chi connectivity index (χ3v) is 5.48. The van der Waals surface area contributed by atoms with Crippen LogP contribution in [0.5, 0.6) is 17.2 Å². The standard InChI is InChI=1S/C20H27NO6/c1-21-13-9-14(11-15(21)16(22)10-13)27-19(23)6-5-12-7-17(24-2)20(26-4)18(8-12)25-3/h5-8,13-16,22H,9-11H2,1-4H3/t13-,14-,15+,16-/m0/s1. The van der Waals surface area contributed by atoms with Gasteiger partial charge in [-0.1, -0.05) is 0 Å². The Labute approximate surface area is 159 Å². The minimum absolute atomic E-state index is 0.0700. The molecule has 1 aromatic rings. The molecule has 2 saturated heterocycles. The molecule has 7 heteroatoms. The van der Waals surface area contributed by atoms with Crippen molar-refractivity contribution in [1.29, 1.82) is 0 Å². The summed E-state index contributed by atoms with van der Waals surface area (Å²) in [6.45, 7) is 0. The summed E-state index contributed by atoms with van der Waals surface area (Å²) in [6, 6.07) is 3.87. The fourth-order valence-electron chi connectivity index (χ4n) is 4.06. The smallest absolute Gasteiger partial charge is 0.331 e. The molecule has 2 bridgehead atoms. The van der Waals surface area contributed by atoms with E-state index in [1.807, 2.05) is 7.05 Å². The van der Waals surface area contributed by atoms with Crippen LogP contribution in [0.25, 0.3) is 6.08 Å². The molecule has 0 saturated carbocycles. The number of likely N-dealkylation sites (N-methyl/N-ethyl adjacent to an activating group) is 1. The summed E-state index contributed by atoms with van der Waals surface area (Å²) in [4.78, 5) is 14.4. The number of fused-ring (bicyclic) bond motifs is 2. The topological polar surface area (TPSA) is 77.5 Å². The van der Waals surface area contributed by atoms with Crippen molar-refractivity contribution in [1.82, 2.24) is 4.90 Å². The lowest BCUT2D eigenvalue weighted by atomic mass is 10.0. The Kier molecular flexibility index (Phi) is 5.92. The average molecular weight is 377 g/mol. The van der Waals surface area contributed by atoms with Gasteiger partial charge in [0, 0.05) is 31.0 Å². The highest BCUT2D eigenvalue weighted by Gasteiger charge is 2.45. The predicted molar refractivity (Wildman–Crippen MR) is 100 cm³/mol. The zero-order valence-corrected chi connectivity index (χ0v) is 16.2. The second kappa shape index (κ2) is 8.19. The lowest BCUT2D eigenvalue weighted by Crippen LogP contribution is -2.45. The lowest BCUT2D eigenvalue weighted by molar-refractivity contribution is -0.146. The molecule has 2 fully saturated rings. The van der Waals surface area contributed by atoms with Crippen LogP contribution in [0.15, 0.2) is 18.2 Å². The first-order valence-electron chi connectivity index (χ1n) is 9.05. The average Bonchev–Trinajstić information content (AvgIpc) is 2.82. The van der Waals surface area contributed by atoms with E-state index in [0.717, 1.165) is 18.4 Å². The molecule has 2 aliphatic rings. The Hall–Kier alpha value is -2.25. The highest BCUT2D eigenvalue weighted by molar-refractivity contribution is 5.87. The first-order chi connectivity index (χ1) is 13.0. The summed E-state index contributed by atoms with van der Waals surface area (Å²) >= 11 is 0. The number of hydrogen-bond acceptors (Lipinski definition) is 7. The first kappa shape index (κ1) is 19.5. The van der Waals surface area contributed by atoms with E-state index in [1.165, 1.54) is 6.08 Å². The summed E-state index contributed by atoms with van der Waals surface area (Å²) in [6.07, 6.45) is 4.73. The van der Waals surface area contributed by atoms with Gasteiger partial charge >= 0.3 is 5.97 Å². The maximum absolute atomic E-state index is 12.2. The van der Waals surface area contributed by atoms with E-state index in [4.69, 9.17) is 18.9 Å². The Balaban J connectivity index is 1.65. The molecule has 0 radical (unpaired) electrons. The van der Waals surface area contributed by atoms with E-state index in [1.54, 1.807) is 39.5 Å². The molecule has 3 rings (SSSR count). The van der Waals surface area contributed by atoms with Crippen molar-refractivity contribution < 1.29 is 28.8 Å². The van der Waals surface area contributed by atoms with Crippen LogP contribution in [0.3, 0.4) is 0 Å². The normalized spacial score (nSPS) is 27.6. The number of hydrogen-bond donors (Lipinski definition) is 1. The second-order valence-corrected chi connectivity index (χ2v) is 7.01. The molecule has 1 N–H and O–H groups in total. The molecule has 0 aromatic heterocycles. The van der Waals surface area contributed by atoms with Crippen LogP contribution >= 0.6 is 0 Å². The largest absolute Gasteiger partial charge is 0.493 e. The molecular formula is C20H27NO6. The molecule has 0 spiro atoms. The Morgan fingerprint density at radius 1 is 1.11 bits per heavy atom. The van der Waals surface area contributed by atoms with Crippen LogP contribution in [-0.2, 0) is 9.53 Å². The van der Waals surface area contributed by atoms with Crippen molar-refractivity contribution >= 4 is 12.0 Å². The quantitative estimate of drug-likeness (QED) is 0.599. The SMILES string of the molecule is COc1cc(C=CC(=O)O[C@H]2C[C@H]3C[C@H](O)[C@@H](C2)N3C)cc(OC)c1OC. The van der Waals surface area contributed by atoms with Crippen molar-refractivity contribution in [3.8, 4) is 17.2 Å². The Morgan fingerprint density at radius 2 is 1.78 bits per heavy atom. The van der Waals surface area contributed by atoms with Crippen LogP contribution in [0, 0.1) is 0 Å². The van der Waals surface area contributed by atoms with Crippen molar-refractivity contribution in [2.45, 2.75) is 43.6 Å². The number of ether oxygens (including phenoxy) is 4. The van der Waals surface area contributed by atoms with Crippen molar-refractivity contribution in [2.75, 3.05) is 28.4 Å². The minimum atomic E-state index is -0.396. The molecule has 148 valence electrons. The second-order valence-electron chi connectivity index (χ2n) is 7.01. The van der Waals surface area contributed by atoms with Gasteiger partial charge in [0.15, 0.2) is 11.5 Å². The van der Waals surface area contributed by atoms with E-state index in [9.17, 15) is 9.90 Å². The van der Waals surface area contributed by atoms with Gasteiger partial charge in [0.25, 0.3) is 0 Å². The van der Waals surface area contributed by atoms with Gasteiger partial charge < -0.3 is 24.1 Å². The molecule has 4 atom stereocenters. The van der Waals surface area contributed by atoms with Crippen LogP contribution < -0.4 is 14.2 Å². The molecule has 0 amide bonds. The molecule has 7 nitrogen and oxygen atoms in total. The molecule has 27 heavy (non-hydrogen) atoms. The highest BCUT2D eigenvalue weighted by atomic mass is 16.5. The molecule has 2 aliphatic heterocycles. The molecule has 1 aromatic carbocycles. The summed E-state index contributed by atoms with van der Waals surface area (Å²) in [5.41, 5.74) is 0.736.